The SMILES string of the molecule is COCCNC(=O)COC(=O)c1ccc(C)c(S(=O)(=O)NCc2ccccc2)c1. The summed E-state index contributed by atoms with van der Waals surface area (Å²) in [6.45, 7) is 1.93. The van der Waals surface area contributed by atoms with Gasteiger partial charge in [-0.3, -0.25) is 4.79 Å². The van der Waals surface area contributed by atoms with E-state index in [0.717, 1.165) is 5.56 Å². The molecule has 2 aromatic rings. The fraction of sp³-hybridized carbons (Fsp3) is 0.300. The first-order chi connectivity index (χ1) is 13.8. The molecule has 0 heterocycles. The maximum atomic E-state index is 12.7. The van der Waals surface area contributed by atoms with Crippen molar-refractivity contribution in [2.45, 2.75) is 18.4 Å². The number of hydrogen-bond acceptors (Lipinski definition) is 6. The Morgan fingerprint density at radius 2 is 1.79 bits per heavy atom. The first kappa shape index (κ1) is 22.5. The molecule has 156 valence electrons. The highest BCUT2D eigenvalue weighted by molar-refractivity contribution is 7.89. The Labute approximate surface area is 170 Å². The zero-order chi connectivity index (χ0) is 21.3. The lowest BCUT2D eigenvalue weighted by Crippen LogP contribution is -2.31. The van der Waals surface area contributed by atoms with Gasteiger partial charge < -0.3 is 14.8 Å². The Morgan fingerprint density at radius 3 is 2.48 bits per heavy atom. The van der Waals surface area contributed by atoms with E-state index >= 15 is 0 Å². The number of nitrogens with one attached hydrogen (secondary N) is 2. The van der Waals surface area contributed by atoms with Crippen LogP contribution in [0.3, 0.4) is 0 Å². The molecule has 1 amide bonds. The van der Waals surface area contributed by atoms with Gasteiger partial charge in [-0.1, -0.05) is 36.4 Å². The van der Waals surface area contributed by atoms with Gasteiger partial charge in [0.2, 0.25) is 10.0 Å². The van der Waals surface area contributed by atoms with Crippen LogP contribution in [0.4, 0.5) is 0 Å². The molecule has 0 aromatic heterocycles. The van der Waals surface area contributed by atoms with Gasteiger partial charge >= 0.3 is 5.97 Å². The summed E-state index contributed by atoms with van der Waals surface area (Å²) in [6, 6.07) is 13.3. The first-order valence-electron chi connectivity index (χ1n) is 8.90. The summed E-state index contributed by atoms with van der Waals surface area (Å²) in [5, 5.41) is 2.52. The Balaban J connectivity index is 2.04. The van der Waals surface area contributed by atoms with Gasteiger partial charge in [0.1, 0.15) is 0 Å². The quantitative estimate of drug-likeness (QED) is 0.444. The number of hydrogen-bond donors (Lipinski definition) is 2. The molecule has 0 unspecified atom stereocenters. The summed E-state index contributed by atoms with van der Waals surface area (Å²) < 4.78 is 37.6. The number of rotatable bonds is 10. The van der Waals surface area contributed by atoms with Gasteiger partial charge in [0.15, 0.2) is 6.61 Å². The molecule has 2 rings (SSSR count). The van der Waals surface area contributed by atoms with Crippen LogP contribution in [0.1, 0.15) is 21.5 Å². The van der Waals surface area contributed by atoms with Crippen molar-refractivity contribution in [1.82, 2.24) is 10.0 Å². The van der Waals surface area contributed by atoms with Crippen molar-refractivity contribution in [3.05, 3.63) is 65.2 Å². The number of ether oxygens (including phenoxy) is 2. The molecule has 29 heavy (non-hydrogen) atoms. The monoisotopic (exact) mass is 420 g/mol. The van der Waals surface area contributed by atoms with Crippen LogP contribution in [0.5, 0.6) is 0 Å². The van der Waals surface area contributed by atoms with Crippen molar-refractivity contribution >= 4 is 21.9 Å². The number of aryl methyl sites for hydroxylation is 1. The Hall–Kier alpha value is -2.75. The fourth-order valence-corrected chi connectivity index (χ4v) is 3.71. The molecule has 0 spiro atoms. The predicted octanol–water partition coefficient (Wildman–Crippen LogP) is 1.39. The van der Waals surface area contributed by atoms with Gasteiger partial charge in [-0.15, -0.1) is 0 Å². The van der Waals surface area contributed by atoms with Crippen LogP contribution in [0.15, 0.2) is 53.4 Å². The summed E-state index contributed by atoms with van der Waals surface area (Å²) in [5.74, 6) is -1.26. The molecule has 0 saturated heterocycles. The van der Waals surface area contributed by atoms with Crippen LogP contribution in [-0.2, 0) is 30.8 Å². The van der Waals surface area contributed by atoms with Crippen molar-refractivity contribution in [2.24, 2.45) is 0 Å². The average Bonchev–Trinajstić information content (AvgIpc) is 2.72. The largest absolute Gasteiger partial charge is 0.452 e. The minimum atomic E-state index is -3.84. The van der Waals surface area contributed by atoms with Crippen molar-refractivity contribution in [2.75, 3.05) is 26.9 Å². The number of sulfonamides is 1. The second-order valence-electron chi connectivity index (χ2n) is 6.21. The standard InChI is InChI=1S/C20H24N2O6S/c1-15-8-9-17(20(24)28-14-19(23)21-10-11-27-2)12-18(15)29(25,26)22-13-16-6-4-3-5-7-16/h3-9,12,22H,10-11,13-14H2,1-2H3,(H,21,23). The number of benzene rings is 2. The zero-order valence-corrected chi connectivity index (χ0v) is 17.1. The van der Waals surface area contributed by atoms with E-state index in [1.165, 1.54) is 25.3 Å². The molecule has 0 aliphatic rings. The lowest BCUT2D eigenvalue weighted by molar-refractivity contribution is -0.124. The maximum absolute atomic E-state index is 12.7. The van der Waals surface area contributed by atoms with Gasteiger partial charge in [-0.25, -0.2) is 17.9 Å². The van der Waals surface area contributed by atoms with E-state index in [9.17, 15) is 18.0 Å². The van der Waals surface area contributed by atoms with Crippen molar-refractivity contribution in [3.8, 4) is 0 Å². The van der Waals surface area contributed by atoms with Crippen molar-refractivity contribution in [1.29, 1.82) is 0 Å². The molecule has 0 saturated carbocycles. The van der Waals surface area contributed by atoms with Crippen LogP contribution in [0.25, 0.3) is 0 Å². The van der Waals surface area contributed by atoms with E-state index in [2.05, 4.69) is 10.0 Å². The highest BCUT2D eigenvalue weighted by atomic mass is 32.2. The Morgan fingerprint density at radius 1 is 1.07 bits per heavy atom. The van der Waals surface area contributed by atoms with E-state index in [-0.39, 0.29) is 17.0 Å². The highest BCUT2D eigenvalue weighted by Crippen LogP contribution is 2.18. The van der Waals surface area contributed by atoms with Crippen molar-refractivity contribution < 1.29 is 27.5 Å². The molecule has 8 nitrogen and oxygen atoms in total. The fourth-order valence-electron chi connectivity index (χ4n) is 2.43. The van der Waals surface area contributed by atoms with Crippen molar-refractivity contribution in [3.63, 3.8) is 0 Å². The molecule has 0 aliphatic carbocycles. The van der Waals surface area contributed by atoms with Crippen LogP contribution >= 0.6 is 0 Å². The Kier molecular flexibility index (Phi) is 8.32. The second-order valence-corrected chi connectivity index (χ2v) is 7.94. The molecule has 2 N–H and O–H groups in total. The highest BCUT2D eigenvalue weighted by Gasteiger charge is 2.20. The molecule has 0 radical (unpaired) electrons. The molecule has 0 aliphatic heterocycles. The molecular formula is C20H24N2O6S. The second kappa shape index (κ2) is 10.7. The third kappa shape index (κ3) is 6.97. The lowest BCUT2D eigenvalue weighted by Gasteiger charge is -2.11. The van der Waals surface area contributed by atoms with E-state index in [0.29, 0.717) is 18.7 Å². The van der Waals surface area contributed by atoms with Gasteiger partial charge in [0.25, 0.3) is 5.91 Å². The maximum Gasteiger partial charge on any atom is 0.338 e. The summed E-state index contributed by atoms with van der Waals surface area (Å²) >= 11 is 0. The van der Waals surface area contributed by atoms with Crippen LogP contribution in [0.2, 0.25) is 0 Å². The minimum Gasteiger partial charge on any atom is -0.452 e. The van der Waals surface area contributed by atoms with E-state index in [4.69, 9.17) is 9.47 Å². The number of carbonyl (C=O) groups excluding carboxylic acids is 2. The number of methoxy groups -OCH3 is 1. The normalized spacial score (nSPS) is 11.1. The molecule has 0 atom stereocenters. The summed E-state index contributed by atoms with van der Waals surface area (Å²) in [7, 11) is -2.34. The molecule has 0 fully saturated rings. The molecule has 9 heteroatoms. The third-order valence-electron chi connectivity index (χ3n) is 3.99. The Bertz CT molecular complexity index is 945. The summed E-state index contributed by atoms with van der Waals surface area (Å²) in [5.41, 5.74) is 1.34. The zero-order valence-electron chi connectivity index (χ0n) is 16.3. The van der Waals surface area contributed by atoms with Crippen LogP contribution in [0, 0.1) is 6.92 Å². The molecule has 0 bridgehead atoms. The number of amides is 1. The summed E-state index contributed by atoms with van der Waals surface area (Å²) in [6.07, 6.45) is 0. The summed E-state index contributed by atoms with van der Waals surface area (Å²) in [4.78, 5) is 23.8. The van der Waals surface area contributed by atoms with E-state index < -0.39 is 28.5 Å². The van der Waals surface area contributed by atoms with Crippen LogP contribution in [-0.4, -0.2) is 47.2 Å². The molecular weight excluding hydrogens is 396 g/mol. The van der Waals surface area contributed by atoms with Crippen LogP contribution < -0.4 is 10.0 Å². The van der Waals surface area contributed by atoms with Gasteiger partial charge in [0, 0.05) is 20.2 Å². The smallest absolute Gasteiger partial charge is 0.338 e. The van der Waals surface area contributed by atoms with E-state index in [1.807, 2.05) is 18.2 Å². The topological polar surface area (TPSA) is 111 Å². The lowest BCUT2D eigenvalue weighted by atomic mass is 10.1. The van der Waals surface area contributed by atoms with Gasteiger partial charge in [-0.2, -0.15) is 0 Å². The molecule has 2 aromatic carbocycles. The minimum absolute atomic E-state index is 0.0209. The van der Waals surface area contributed by atoms with Gasteiger partial charge in [0.05, 0.1) is 17.1 Å². The predicted molar refractivity (Wildman–Crippen MR) is 107 cm³/mol. The average molecular weight is 420 g/mol. The third-order valence-corrected chi connectivity index (χ3v) is 5.53. The number of carbonyl (C=O) groups is 2. The number of esters is 1. The van der Waals surface area contributed by atoms with E-state index in [1.54, 1.807) is 19.1 Å². The first-order valence-corrected chi connectivity index (χ1v) is 10.4. The van der Waals surface area contributed by atoms with Gasteiger partial charge in [-0.05, 0) is 30.2 Å².